The van der Waals surface area contributed by atoms with Crippen LogP contribution in [0.4, 0.5) is 4.39 Å². The van der Waals surface area contributed by atoms with Gasteiger partial charge in [-0.2, -0.15) is 0 Å². The second-order valence-corrected chi connectivity index (χ2v) is 7.01. The van der Waals surface area contributed by atoms with Crippen molar-refractivity contribution in [3.05, 3.63) is 77.6 Å². The van der Waals surface area contributed by atoms with Gasteiger partial charge in [-0.1, -0.05) is 42.5 Å². The van der Waals surface area contributed by atoms with Gasteiger partial charge < -0.3 is 10.2 Å². The number of halogens is 1. The van der Waals surface area contributed by atoms with E-state index in [0.29, 0.717) is 38.9 Å². The Labute approximate surface area is 165 Å². The first-order valence-corrected chi connectivity index (χ1v) is 9.66. The van der Waals surface area contributed by atoms with Crippen LogP contribution in [0.15, 0.2) is 60.7 Å². The third-order valence-electron chi connectivity index (χ3n) is 5.02. The number of nitrogens with one attached hydrogen (secondary N) is 1. The lowest BCUT2D eigenvalue weighted by Gasteiger charge is -2.30. The number of carbonyl (C=O) groups excluding carboxylic acids is 2. The van der Waals surface area contributed by atoms with Crippen molar-refractivity contribution in [1.82, 2.24) is 10.2 Å². The summed E-state index contributed by atoms with van der Waals surface area (Å²) >= 11 is 0. The molecule has 28 heavy (non-hydrogen) atoms. The predicted molar refractivity (Wildman–Crippen MR) is 108 cm³/mol. The average Bonchev–Trinajstić information content (AvgIpc) is 2.74. The van der Waals surface area contributed by atoms with Gasteiger partial charge in [0.05, 0.1) is 0 Å². The topological polar surface area (TPSA) is 49.4 Å². The Bertz CT molecular complexity index is 810. The molecule has 0 saturated carbocycles. The van der Waals surface area contributed by atoms with Gasteiger partial charge in [0.15, 0.2) is 0 Å². The first-order valence-electron chi connectivity index (χ1n) is 9.66. The first-order chi connectivity index (χ1) is 13.6. The summed E-state index contributed by atoms with van der Waals surface area (Å²) in [6.45, 7) is 1.71. The van der Waals surface area contributed by atoms with E-state index in [-0.39, 0.29) is 23.5 Å². The van der Waals surface area contributed by atoms with E-state index in [4.69, 9.17) is 0 Å². The van der Waals surface area contributed by atoms with Gasteiger partial charge in [-0.05, 0) is 48.6 Å². The van der Waals surface area contributed by atoms with Gasteiger partial charge in [0.25, 0.3) is 0 Å². The van der Waals surface area contributed by atoms with E-state index in [2.05, 4.69) is 5.32 Å². The van der Waals surface area contributed by atoms with E-state index in [9.17, 15) is 14.0 Å². The molecule has 1 aliphatic rings. The molecule has 0 spiro atoms. The molecule has 2 amide bonds. The van der Waals surface area contributed by atoms with Gasteiger partial charge in [-0.15, -0.1) is 0 Å². The summed E-state index contributed by atoms with van der Waals surface area (Å²) in [6.07, 6.45) is 5.43. The molecule has 0 radical (unpaired) electrons. The fourth-order valence-electron chi connectivity index (χ4n) is 3.32. The molecule has 1 heterocycles. The van der Waals surface area contributed by atoms with Crippen molar-refractivity contribution in [2.45, 2.75) is 19.3 Å². The lowest BCUT2D eigenvalue weighted by molar-refractivity contribution is -0.132. The molecule has 0 bridgehead atoms. The van der Waals surface area contributed by atoms with E-state index in [0.717, 1.165) is 11.1 Å². The molecule has 5 heteroatoms. The van der Waals surface area contributed by atoms with E-state index in [1.54, 1.807) is 23.1 Å². The molecule has 0 aromatic heterocycles. The summed E-state index contributed by atoms with van der Waals surface area (Å²) in [6, 6.07) is 16.0. The van der Waals surface area contributed by atoms with Crippen molar-refractivity contribution >= 4 is 17.9 Å². The minimum absolute atomic E-state index is 0.0148. The zero-order valence-electron chi connectivity index (χ0n) is 15.8. The number of hydrogen-bond acceptors (Lipinski definition) is 2. The van der Waals surface area contributed by atoms with Crippen molar-refractivity contribution in [3.8, 4) is 0 Å². The summed E-state index contributed by atoms with van der Waals surface area (Å²) in [7, 11) is 0. The number of likely N-dealkylation sites (tertiary alicyclic amines) is 1. The van der Waals surface area contributed by atoms with Crippen LogP contribution in [0.5, 0.6) is 0 Å². The van der Waals surface area contributed by atoms with Crippen molar-refractivity contribution in [2.75, 3.05) is 19.6 Å². The summed E-state index contributed by atoms with van der Waals surface area (Å²) < 4.78 is 12.9. The summed E-state index contributed by atoms with van der Waals surface area (Å²) in [5.74, 6) is -0.295. The Morgan fingerprint density at radius 2 is 1.71 bits per heavy atom. The van der Waals surface area contributed by atoms with Crippen LogP contribution in [0.3, 0.4) is 0 Å². The Kier molecular flexibility index (Phi) is 6.95. The van der Waals surface area contributed by atoms with Crippen LogP contribution in [-0.4, -0.2) is 36.3 Å². The van der Waals surface area contributed by atoms with Gasteiger partial charge in [0, 0.05) is 31.6 Å². The quantitative estimate of drug-likeness (QED) is 0.781. The molecule has 0 aliphatic carbocycles. The molecule has 0 unspecified atom stereocenters. The normalized spacial score (nSPS) is 15.0. The highest BCUT2D eigenvalue weighted by Crippen LogP contribution is 2.18. The van der Waals surface area contributed by atoms with Gasteiger partial charge in [0.2, 0.25) is 11.8 Å². The number of hydrogen-bond donors (Lipinski definition) is 1. The molecule has 1 aliphatic heterocycles. The maximum absolute atomic E-state index is 12.9. The second kappa shape index (κ2) is 9.83. The van der Waals surface area contributed by atoms with Crippen LogP contribution in [0.25, 0.3) is 6.08 Å². The summed E-state index contributed by atoms with van der Waals surface area (Å²) in [5, 5.41) is 2.96. The van der Waals surface area contributed by atoms with Crippen LogP contribution < -0.4 is 5.32 Å². The Balaban J connectivity index is 1.39. The summed E-state index contributed by atoms with van der Waals surface area (Å²) in [5.41, 5.74) is 1.98. The molecule has 1 saturated heterocycles. The maximum atomic E-state index is 12.9. The molecule has 1 fully saturated rings. The van der Waals surface area contributed by atoms with E-state index in [1.165, 1.54) is 12.1 Å². The second-order valence-electron chi connectivity index (χ2n) is 7.01. The van der Waals surface area contributed by atoms with E-state index in [1.807, 2.05) is 36.4 Å². The highest BCUT2D eigenvalue weighted by molar-refractivity contribution is 5.92. The van der Waals surface area contributed by atoms with E-state index >= 15 is 0 Å². The predicted octanol–water partition coefficient (Wildman–Crippen LogP) is 3.44. The molecular weight excluding hydrogens is 355 g/mol. The molecule has 0 atom stereocenters. The Morgan fingerprint density at radius 1 is 1.04 bits per heavy atom. The molecule has 2 aromatic carbocycles. The highest BCUT2D eigenvalue weighted by atomic mass is 19.1. The average molecular weight is 380 g/mol. The van der Waals surface area contributed by atoms with Crippen molar-refractivity contribution < 1.29 is 14.0 Å². The lowest BCUT2D eigenvalue weighted by Crippen LogP contribution is -2.42. The minimum Gasteiger partial charge on any atom is -0.356 e. The van der Waals surface area contributed by atoms with Crippen molar-refractivity contribution in [3.63, 3.8) is 0 Å². The molecular formula is C23H25FN2O2. The number of benzene rings is 2. The molecule has 3 rings (SSSR count). The third kappa shape index (κ3) is 5.78. The maximum Gasteiger partial charge on any atom is 0.246 e. The fraction of sp³-hybridized carbons (Fsp3) is 0.304. The molecule has 4 nitrogen and oxygen atoms in total. The zero-order valence-corrected chi connectivity index (χ0v) is 15.8. The van der Waals surface area contributed by atoms with Gasteiger partial charge in [0.1, 0.15) is 5.82 Å². The third-order valence-corrected chi connectivity index (χ3v) is 5.02. The Hall–Kier alpha value is -2.95. The molecule has 2 aromatic rings. The van der Waals surface area contributed by atoms with Crippen molar-refractivity contribution in [1.29, 1.82) is 0 Å². The number of carbonyl (C=O) groups is 2. The fourth-order valence-corrected chi connectivity index (χ4v) is 3.32. The summed E-state index contributed by atoms with van der Waals surface area (Å²) in [4.78, 5) is 26.4. The zero-order chi connectivity index (χ0) is 19.8. The molecule has 146 valence electrons. The largest absolute Gasteiger partial charge is 0.356 e. The lowest BCUT2D eigenvalue weighted by atomic mass is 9.95. The Morgan fingerprint density at radius 3 is 2.39 bits per heavy atom. The van der Waals surface area contributed by atoms with Crippen LogP contribution in [-0.2, 0) is 16.0 Å². The van der Waals surface area contributed by atoms with Crippen LogP contribution in [0.1, 0.15) is 24.0 Å². The highest BCUT2D eigenvalue weighted by Gasteiger charge is 2.26. The van der Waals surface area contributed by atoms with Gasteiger partial charge in [-0.3, -0.25) is 9.59 Å². The van der Waals surface area contributed by atoms with Crippen LogP contribution in [0, 0.1) is 11.7 Å². The van der Waals surface area contributed by atoms with Crippen molar-refractivity contribution in [2.24, 2.45) is 5.92 Å². The minimum atomic E-state index is -0.257. The monoisotopic (exact) mass is 380 g/mol. The first kappa shape index (κ1) is 19.8. The number of rotatable bonds is 6. The standard InChI is InChI=1S/C23H25FN2O2/c24-21-9-6-19(7-10-21)12-15-25-23(28)20-13-16-26(17-14-20)22(27)11-8-18-4-2-1-3-5-18/h1-11,20H,12-17H2,(H,25,28)/b11-8+. The smallest absolute Gasteiger partial charge is 0.246 e. The number of amides is 2. The van der Waals surface area contributed by atoms with Crippen LogP contribution in [0.2, 0.25) is 0 Å². The van der Waals surface area contributed by atoms with E-state index < -0.39 is 0 Å². The van der Waals surface area contributed by atoms with Gasteiger partial charge in [-0.25, -0.2) is 4.39 Å². The SMILES string of the molecule is O=C(NCCc1ccc(F)cc1)C1CCN(C(=O)/C=C/c2ccccc2)CC1. The molecule has 1 N–H and O–H groups in total. The van der Waals surface area contributed by atoms with Gasteiger partial charge >= 0.3 is 0 Å². The van der Waals surface area contributed by atoms with Crippen LogP contribution >= 0.6 is 0 Å². The number of piperidine rings is 1. The number of nitrogens with zero attached hydrogens (tertiary/aromatic N) is 1.